The fourth-order valence-corrected chi connectivity index (χ4v) is 3.12. The lowest BCUT2D eigenvalue weighted by Gasteiger charge is -2.32. The number of aromatic nitrogens is 3. The first-order valence-corrected chi connectivity index (χ1v) is 7.49. The van der Waals surface area contributed by atoms with Crippen molar-refractivity contribution in [1.29, 1.82) is 0 Å². The summed E-state index contributed by atoms with van der Waals surface area (Å²) in [6, 6.07) is 5.91. The molecule has 0 atom stereocenters. The van der Waals surface area contributed by atoms with Crippen molar-refractivity contribution in [3.05, 3.63) is 52.2 Å². The predicted molar refractivity (Wildman–Crippen MR) is 82.1 cm³/mol. The van der Waals surface area contributed by atoms with E-state index in [1.54, 1.807) is 17.7 Å². The molecule has 0 saturated carbocycles. The van der Waals surface area contributed by atoms with Crippen LogP contribution in [0.25, 0.3) is 0 Å². The number of likely N-dealkylation sites (tertiary alicyclic amines) is 1. The second kappa shape index (κ2) is 5.85. The molecule has 0 radical (unpaired) electrons. The molecule has 0 aromatic carbocycles. The monoisotopic (exact) mass is 286 g/mol. The Morgan fingerprint density at radius 1 is 1.24 bits per heavy atom. The van der Waals surface area contributed by atoms with Crippen molar-refractivity contribution in [2.75, 3.05) is 13.1 Å². The van der Waals surface area contributed by atoms with Gasteiger partial charge in [0.25, 0.3) is 5.56 Å². The molecule has 1 aliphatic heterocycles. The van der Waals surface area contributed by atoms with E-state index in [-0.39, 0.29) is 5.56 Å². The molecule has 0 unspecified atom stereocenters. The third kappa shape index (κ3) is 3.08. The maximum Gasteiger partial charge on any atom is 0.250 e. The Hall–Kier alpha value is -1.88. The van der Waals surface area contributed by atoms with E-state index in [1.807, 2.05) is 30.2 Å². The van der Waals surface area contributed by atoms with Crippen LogP contribution in [0.5, 0.6) is 0 Å². The van der Waals surface area contributed by atoms with Gasteiger partial charge in [-0.3, -0.25) is 14.4 Å². The molecule has 0 bridgehead atoms. The quantitative estimate of drug-likeness (QED) is 0.859. The van der Waals surface area contributed by atoms with Crippen molar-refractivity contribution >= 4 is 0 Å². The van der Waals surface area contributed by atoms with Gasteiger partial charge < -0.3 is 4.57 Å². The average molecular weight is 286 g/mol. The van der Waals surface area contributed by atoms with Gasteiger partial charge in [0.15, 0.2) is 0 Å². The number of aryl methyl sites for hydroxylation is 2. The van der Waals surface area contributed by atoms with Gasteiger partial charge in [-0.15, -0.1) is 0 Å². The highest BCUT2D eigenvalue weighted by atomic mass is 16.1. The Kier molecular flexibility index (Phi) is 3.92. The van der Waals surface area contributed by atoms with E-state index in [4.69, 9.17) is 0 Å². The normalized spacial score (nSPS) is 17.2. The molecule has 5 nitrogen and oxygen atoms in total. The zero-order valence-corrected chi connectivity index (χ0v) is 12.7. The van der Waals surface area contributed by atoms with Crippen LogP contribution in [0.2, 0.25) is 0 Å². The molecule has 3 rings (SSSR count). The minimum absolute atomic E-state index is 0.0669. The molecule has 0 amide bonds. The number of hydrogen-bond donors (Lipinski definition) is 0. The molecule has 2 aromatic rings. The Labute approximate surface area is 124 Å². The van der Waals surface area contributed by atoms with Gasteiger partial charge in [-0.25, -0.2) is 0 Å². The van der Waals surface area contributed by atoms with Gasteiger partial charge in [0.1, 0.15) is 0 Å². The maximum atomic E-state index is 11.7. The van der Waals surface area contributed by atoms with E-state index in [0.29, 0.717) is 5.92 Å². The summed E-state index contributed by atoms with van der Waals surface area (Å²) in [6.07, 6.45) is 6.04. The van der Waals surface area contributed by atoms with Crippen LogP contribution in [0.3, 0.4) is 0 Å². The highest BCUT2D eigenvalue weighted by molar-refractivity contribution is 5.12. The van der Waals surface area contributed by atoms with Gasteiger partial charge in [0.2, 0.25) is 0 Å². The van der Waals surface area contributed by atoms with Crippen molar-refractivity contribution in [3.8, 4) is 0 Å². The molecule has 0 aliphatic carbocycles. The van der Waals surface area contributed by atoms with E-state index in [2.05, 4.69) is 16.1 Å². The molecule has 1 saturated heterocycles. The van der Waals surface area contributed by atoms with Crippen LogP contribution < -0.4 is 5.56 Å². The van der Waals surface area contributed by atoms with Crippen molar-refractivity contribution in [3.63, 3.8) is 0 Å². The minimum atomic E-state index is 0.0669. The smallest absolute Gasteiger partial charge is 0.250 e. The average Bonchev–Trinajstić information content (AvgIpc) is 2.90. The molecular weight excluding hydrogens is 264 g/mol. The lowest BCUT2D eigenvalue weighted by Crippen LogP contribution is -2.33. The van der Waals surface area contributed by atoms with Crippen LogP contribution in [0.1, 0.15) is 30.0 Å². The van der Waals surface area contributed by atoms with Gasteiger partial charge in [-0.2, -0.15) is 5.10 Å². The zero-order valence-electron chi connectivity index (χ0n) is 12.7. The van der Waals surface area contributed by atoms with E-state index in [9.17, 15) is 4.79 Å². The Morgan fingerprint density at radius 2 is 2.00 bits per heavy atom. The van der Waals surface area contributed by atoms with E-state index in [1.165, 1.54) is 5.69 Å². The molecule has 3 heterocycles. The third-order valence-electron chi connectivity index (χ3n) is 4.44. The number of rotatable bonds is 3. The largest absolute Gasteiger partial charge is 0.319 e. The van der Waals surface area contributed by atoms with Crippen LogP contribution in [0.15, 0.2) is 35.4 Å². The third-order valence-corrected chi connectivity index (χ3v) is 4.44. The fraction of sp³-hybridized carbons (Fsp3) is 0.500. The summed E-state index contributed by atoms with van der Waals surface area (Å²) in [5.41, 5.74) is 2.51. The predicted octanol–water partition coefficient (Wildman–Crippen LogP) is 1.50. The van der Waals surface area contributed by atoms with Crippen LogP contribution in [-0.4, -0.2) is 32.3 Å². The molecule has 5 heteroatoms. The Balaban J connectivity index is 1.60. The molecule has 112 valence electrons. The number of pyridine rings is 1. The summed E-state index contributed by atoms with van der Waals surface area (Å²) in [5, 5.41) is 4.26. The molecule has 1 aliphatic rings. The van der Waals surface area contributed by atoms with Gasteiger partial charge >= 0.3 is 0 Å². The van der Waals surface area contributed by atoms with Crippen molar-refractivity contribution in [2.45, 2.75) is 25.3 Å². The lowest BCUT2D eigenvalue weighted by molar-refractivity contribution is 0.201. The fourth-order valence-electron chi connectivity index (χ4n) is 3.12. The maximum absolute atomic E-state index is 11.7. The Bertz CT molecular complexity index is 665. The molecule has 21 heavy (non-hydrogen) atoms. The summed E-state index contributed by atoms with van der Waals surface area (Å²) in [5.74, 6) is 0.609. The summed E-state index contributed by atoms with van der Waals surface area (Å²) in [7, 11) is 3.80. The molecule has 0 N–H and O–H groups in total. The van der Waals surface area contributed by atoms with Crippen LogP contribution >= 0.6 is 0 Å². The van der Waals surface area contributed by atoms with E-state index < -0.39 is 0 Å². The summed E-state index contributed by atoms with van der Waals surface area (Å²) < 4.78 is 3.60. The number of hydrogen-bond acceptors (Lipinski definition) is 3. The second-order valence-electron chi connectivity index (χ2n) is 5.91. The van der Waals surface area contributed by atoms with Crippen LogP contribution in [0.4, 0.5) is 0 Å². The number of piperidine rings is 1. The first-order valence-electron chi connectivity index (χ1n) is 7.49. The van der Waals surface area contributed by atoms with Crippen molar-refractivity contribution in [1.82, 2.24) is 19.2 Å². The molecule has 2 aromatic heterocycles. The van der Waals surface area contributed by atoms with E-state index >= 15 is 0 Å². The van der Waals surface area contributed by atoms with Gasteiger partial charge in [-0.05, 0) is 43.6 Å². The first-order chi connectivity index (χ1) is 10.1. The van der Waals surface area contributed by atoms with Crippen molar-refractivity contribution < 1.29 is 0 Å². The topological polar surface area (TPSA) is 43.1 Å². The first kappa shape index (κ1) is 14.1. The standard InChI is InChI=1S/C16H22N4O/c1-18-8-4-13(11-16(18)21)12-20-9-5-14(6-10-20)15-3-7-17-19(15)2/h3-4,7-8,11,14H,5-6,9-10,12H2,1-2H3. The van der Waals surface area contributed by atoms with Crippen LogP contribution in [0, 0.1) is 0 Å². The Morgan fingerprint density at radius 3 is 2.62 bits per heavy atom. The molecule has 0 spiro atoms. The molecular formula is C16H22N4O. The zero-order chi connectivity index (χ0) is 14.8. The van der Waals surface area contributed by atoms with Crippen molar-refractivity contribution in [2.24, 2.45) is 14.1 Å². The van der Waals surface area contributed by atoms with Gasteiger partial charge in [-0.1, -0.05) is 0 Å². The summed E-state index contributed by atoms with van der Waals surface area (Å²) in [6.45, 7) is 3.02. The van der Waals surface area contributed by atoms with Crippen LogP contribution in [-0.2, 0) is 20.6 Å². The highest BCUT2D eigenvalue weighted by Gasteiger charge is 2.22. The summed E-state index contributed by atoms with van der Waals surface area (Å²) in [4.78, 5) is 14.1. The highest BCUT2D eigenvalue weighted by Crippen LogP contribution is 2.27. The lowest BCUT2D eigenvalue weighted by atomic mass is 9.93. The van der Waals surface area contributed by atoms with Gasteiger partial charge in [0, 0.05) is 50.7 Å². The SMILES string of the molecule is Cn1nccc1C1CCN(Cc2ccn(C)c(=O)c2)CC1. The van der Waals surface area contributed by atoms with E-state index in [0.717, 1.165) is 38.0 Å². The van der Waals surface area contributed by atoms with Gasteiger partial charge in [0.05, 0.1) is 0 Å². The molecule has 1 fully saturated rings. The number of nitrogens with zero attached hydrogens (tertiary/aromatic N) is 4. The summed E-state index contributed by atoms with van der Waals surface area (Å²) >= 11 is 0. The minimum Gasteiger partial charge on any atom is -0.319 e. The second-order valence-corrected chi connectivity index (χ2v) is 5.91.